The Bertz CT molecular complexity index is 373. The van der Waals surface area contributed by atoms with Gasteiger partial charge in [0, 0.05) is 12.7 Å². The summed E-state index contributed by atoms with van der Waals surface area (Å²) in [4.78, 5) is 15.4. The van der Waals surface area contributed by atoms with Gasteiger partial charge in [0.1, 0.15) is 12.4 Å². The summed E-state index contributed by atoms with van der Waals surface area (Å²) in [7, 11) is 0. The third-order valence-electron chi connectivity index (χ3n) is 1.95. The first kappa shape index (κ1) is 14.3. The van der Waals surface area contributed by atoms with Crippen LogP contribution in [-0.4, -0.2) is 37.1 Å². The van der Waals surface area contributed by atoms with Crippen molar-refractivity contribution in [3.63, 3.8) is 0 Å². The number of hydrogen-bond donors (Lipinski definition) is 3. The van der Waals surface area contributed by atoms with Gasteiger partial charge in [-0.25, -0.2) is 19.6 Å². The Balaban J connectivity index is 2.27. The van der Waals surface area contributed by atoms with Crippen LogP contribution in [0.2, 0.25) is 0 Å². The van der Waals surface area contributed by atoms with Crippen LogP contribution in [0.5, 0.6) is 0 Å². The van der Waals surface area contributed by atoms with E-state index in [4.69, 9.17) is 5.84 Å². The van der Waals surface area contributed by atoms with Gasteiger partial charge in [-0.3, -0.25) is 4.79 Å². The van der Waals surface area contributed by atoms with Crippen molar-refractivity contribution in [2.45, 2.75) is 6.43 Å². The molecule has 0 aliphatic heterocycles. The van der Waals surface area contributed by atoms with Gasteiger partial charge >= 0.3 is 0 Å². The highest BCUT2D eigenvalue weighted by atomic mass is 19.3. The zero-order chi connectivity index (χ0) is 13.4. The van der Waals surface area contributed by atoms with Gasteiger partial charge in [0.05, 0.1) is 12.2 Å². The smallest absolute Gasteiger partial charge is 0.261 e. The molecule has 0 aliphatic rings. The summed E-state index contributed by atoms with van der Waals surface area (Å²) in [5, 5.41) is 2.51. The predicted octanol–water partition coefficient (Wildman–Crippen LogP) is 0.379. The van der Waals surface area contributed by atoms with Gasteiger partial charge in [-0.05, 0) is 12.1 Å². The van der Waals surface area contributed by atoms with E-state index in [2.05, 4.69) is 20.5 Å². The standard InChI is InChI=1S/C10H14F2N4O2/c11-8(12)6-18-4-3-14-10(17)7-1-2-9(16-13)15-5-7/h1-2,5,8H,3-4,6,13H2,(H,14,17)(H,15,16). The minimum atomic E-state index is -2.50. The van der Waals surface area contributed by atoms with Crippen LogP contribution in [0.1, 0.15) is 10.4 Å². The first-order chi connectivity index (χ1) is 8.63. The van der Waals surface area contributed by atoms with Gasteiger partial charge < -0.3 is 15.5 Å². The molecule has 0 saturated heterocycles. The number of carbonyl (C=O) groups excluding carboxylic acids is 1. The number of ether oxygens (including phenoxy) is 1. The molecule has 1 amide bonds. The van der Waals surface area contributed by atoms with E-state index >= 15 is 0 Å². The number of nitrogen functional groups attached to an aromatic ring is 1. The minimum Gasteiger partial charge on any atom is -0.374 e. The van der Waals surface area contributed by atoms with Gasteiger partial charge in [0.2, 0.25) is 0 Å². The van der Waals surface area contributed by atoms with Gasteiger partial charge in [-0.2, -0.15) is 0 Å². The summed E-state index contributed by atoms with van der Waals surface area (Å²) in [6, 6.07) is 3.08. The van der Waals surface area contributed by atoms with Crippen molar-refractivity contribution in [2.24, 2.45) is 5.84 Å². The molecule has 0 bridgehead atoms. The van der Waals surface area contributed by atoms with E-state index in [1.165, 1.54) is 12.3 Å². The Morgan fingerprint density at radius 3 is 2.83 bits per heavy atom. The minimum absolute atomic E-state index is 0.0337. The van der Waals surface area contributed by atoms with Crippen LogP contribution in [0.15, 0.2) is 18.3 Å². The van der Waals surface area contributed by atoms with Crippen LogP contribution in [0, 0.1) is 0 Å². The molecule has 1 heterocycles. The maximum absolute atomic E-state index is 11.7. The molecule has 4 N–H and O–H groups in total. The zero-order valence-corrected chi connectivity index (χ0v) is 9.53. The number of alkyl halides is 2. The summed E-state index contributed by atoms with van der Waals surface area (Å²) in [5.74, 6) is 5.21. The highest BCUT2D eigenvalue weighted by Crippen LogP contribution is 2.03. The monoisotopic (exact) mass is 260 g/mol. The highest BCUT2D eigenvalue weighted by Gasteiger charge is 2.06. The lowest BCUT2D eigenvalue weighted by Crippen LogP contribution is -2.28. The molecule has 1 rings (SSSR count). The van der Waals surface area contributed by atoms with E-state index in [1.54, 1.807) is 6.07 Å². The lowest BCUT2D eigenvalue weighted by atomic mass is 10.2. The number of hydrogen-bond acceptors (Lipinski definition) is 5. The number of amides is 1. The number of nitrogens with zero attached hydrogens (tertiary/aromatic N) is 1. The molecule has 6 nitrogen and oxygen atoms in total. The fourth-order valence-electron chi connectivity index (χ4n) is 1.12. The van der Waals surface area contributed by atoms with Gasteiger partial charge in [0.25, 0.3) is 12.3 Å². The van der Waals surface area contributed by atoms with Crippen LogP contribution in [0.4, 0.5) is 14.6 Å². The van der Waals surface area contributed by atoms with Crippen molar-refractivity contribution in [2.75, 3.05) is 25.2 Å². The van der Waals surface area contributed by atoms with Crippen molar-refractivity contribution in [3.8, 4) is 0 Å². The Morgan fingerprint density at radius 1 is 1.50 bits per heavy atom. The third kappa shape index (κ3) is 5.02. The van der Waals surface area contributed by atoms with E-state index in [1.807, 2.05) is 0 Å². The first-order valence-electron chi connectivity index (χ1n) is 5.20. The number of halogens is 2. The lowest BCUT2D eigenvalue weighted by molar-refractivity contribution is 0.0188. The summed E-state index contributed by atoms with van der Waals surface area (Å²) >= 11 is 0. The molecular formula is C10H14F2N4O2. The molecule has 0 atom stereocenters. The van der Waals surface area contributed by atoms with Crippen molar-refractivity contribution in [1.29, 1.82) is 0 Å². The summed E-state index contributed by atoms with van der Waals surface area (Å²) < 4.78 is 28.1. The largest absolute Gasteiger partial charge is 0.374 e. The normalized spacial score (nSPS) is 10.4. The molecule has 100 valence electrons. The number of nitrogens with one attached hydrogen (secondary N) is 2. The maximum Gasteiger partial charge on any atom is 0.261 e. The zero-order valence-electron chi connectivity index (χ0n) is 9.53. The molecule has 0 unspecified atom stereocenters. The molecule has 0 aliphatic carbocycles. The van der Waals surface area contributed by atoms with Crippen LogP contribution >= 0.6 is 0 Å². The van der Waals surface area contributed by atoms with Gasteiger partial charge in [0.15, 0.2) is 0 Å². The molecule has 0 spiro atoms. The Morgan fingerprint density at radius 2 is 2.28 bits per heavy atom. The second-order valence-electron chi connectivity index (χ2n) is 3.30. The van der Waals surface area contributed by atoms with E-state index in [-0.39, 0.29) is 19.1 Å². The summed E-state index contributed by atoms with van der Waals surface area (Å²) in [6.07, 6.45) is -1.15. The Hall–Kier alpha value is -1.80. The molecule has 18 heavy (non-hydrogen) atoms. The molecule has 8 heteroatoms. The molecule has 0 fully saturated rings. The first-order valence-corrected chi connectivity index (χ1v) is 5.20. The number of carbonyl (C=O) groups is 1. The average Bonchev–Trinajstić information content (AvgIpc) is 2.38. The Kier molecular flexibility index (Phi) is 5.95. The van der Waals surface area contributed by atoms with E-state index < -0.39 is 13.0 Å². The second kappa shape index (κ2) is 7.51. The maximum atomic E-state index is 11.7. The number of anilines is 1. The van der Waals surface area contributed by atoms with Crippen molar-refractivity contribution >= 4 is 11.7 Å². The van der Waals surface area contributed by atoms with E-state index in [9.17, 15) is 13.6 Å². The number of hydrazine groups is 1. The van der Waals surface area contributed by atoms with Crippen LogP contribution in [0.25, 0.3) is 0 Å². The predicted molar refractivity (Wildman–Crippen MR) is 61.2 cm³/mol. The molecular weight excluding hydrogens is 246 g/mol. The number of aromatic nitrogens is 1. The summed E-state index contributed by atoms with van der Waals surface area (Å²) in [6.45, 7) is -0.442. The fourth-order valence-corrected chi connectivity index (χ4v) is 1.12. The number of nitrogens with two attached hydrogens (primary N) is 1. The van der Waals surface area contributed by atoms with E-state index in [0.717, 1.165) is 0 Å². The Labute approximate surface area is 102 Å². The van der Waals surface area contributed by atoms with Crippen LogP contribution in [0.3, 0.4) is 0 Å². The highest BCUT2D eigenvalue weighted by molar-refractivity contribution is 5.93. The molecule has 0 aromatic carbocycles. The lowest BCUT2D eigenvalue weighted by Gasteiger charge is -2.06. The summed E-state index contributed by atoms with van der Waals surface area (Å²) in [5.41, 5.74) is 2.68. The van der Waals surface area contributed by atoms with Crippen LogP contribution in [-0.2, 0) is 4.74 Å². The van der Waals surface area contributed by atoms with Crippen molar-refractivity contribution in [3.05, 3.63) is 23.9 Å². The molecule has 0 radical (unpaired) electrons. The topological polar surface area (TPSA) is 89.3 Å². The fraction of sp³-hybridized carbons (Fsp3) is 0.400. The SMILES string of the molecule is NNc1ccc(C(=O)NCCOCC(F)F)cn1. The van der Waals surface area contributed by atoms with Gasteiger partial charge in [-0.1, -0.05) is 0 Å². The van der Waals surface area contributed by atoms with E-state index in [0.29, 0.717) is 11.4 Å². The molecule has 0 saturated carbocycles. The number of pyridine rings is 1. The molecule has 1 aromatic rings. The average molecular weight is 260 g/mol. The second-order valence-corrected chi connectivity index (χ2v) is 3.30. The van der Waals surface area contributed by atoms with Crippen molar-refractivity contribution < 1.29 is 18.3 Å². The van der Waals surface area contributed by atoms with Crippen LogP contribution < -0.4 is 16.6 Å². The quantitative estimate of drug-likeness (QED) is 0.374. The van der Waals surface area contributed by atoms with Crippen molar-refractivity contribution in [1.82, 2.24) is 10.3 Å². The number of rotatable bonds is 7. The third-order valence-corrected chi connectivity index (χ3v) is 1.95. The van der Waals surface area contributed by atoms with Gasteiger partial charge in [-0.15, -0.1) is 0 Å². The molecule has 1 aromatic heterocycles.